The maximum Gasteiger partial charge on any atom is 0.211 e. The maximum atomic E-state index is 11.7. The number of carbonyl (C=O) groups is 1. The van der Waals surface area contributed by atoms with Crippen molar-refractivity contribution < 1.29 is 9.53 Å². The lowest BCUT2D eigenvalue weighted by Crippen LogP contribution is -2.24. The lowest BCUT2D eigenvalue weighted by molar-refractivity contribution is 0.0439. The highest BCUT2D eigenvalue weighted by molar-refractivity contribution is 5.97. The smallest absolute Gasteiger partial charge is 0.211 e. The molecule has 0 bridgehead atoms. The molecule has 0 aliphatic heterocycles. The largest absolute Gasteiger partial charge is 0.370 e. The summed E-state index contributed by atoms with van der Waals surface area (Å²) in [6.45, 7) is 4.31. The van der Waals surface area contributed by atoms with Crippen molar-refractivity contribution in [2.24, 2.45) is 0 Å². The van der Waals surface area contributed by atoms with Gasteiger partial charge >= 0.3 is 0 Å². The fourth-order valence-corrected chi connectivity index (χ4v) is 1.17. The molecular formula is C10H14N2O2. The summed E-state index contributed by atoms with van der Waals surface area (Å²) in [7, 11) is 0. The Kier molecular flexibility index (Phi) is 4.19. The maximum absolute atomic E-state index is 11.7. The first kappa shape index (κ1) is 10.8. The van der Waals surface area contributed by atoms with Crippen molar-refractivity contribution in [3.63, 3.8) is 0 Å². The Balaban J connectivity index is 2.73. The first-order valence-electron chi connectivity index (χ1n) is 4.71. The van der Waals surface area contributed by atoms with Crippen molar-refractivity contribution in [2.75, 3.05) is 6.61 Å². The number of ketones is 1. The van der Waals surface area contributed by atoms with Gasteiger partial charge in [-0.3, -0.25) is 9.78 Å². The zero-order chi connectivity index (χ0) is 10.4. The van der Waals surface area contributed by atoms with Crippen LogP contribution in [0.25, 0.3) is 0 Å². The van der Waals surface area contributed by atoms with Crippen LogP contribution in [-0.4, -0.2) is 28.5 Å². The van der Waals surface area contributed by atoms with E-state index in [9.17, 15) is 4.79 Å². The highest BCUT2D eigenvalue weighted by atomic mass is 16.5. The number of carbonyl (C=O) groups excluding carboxylic acids is 1. The fraction of sp³-hybridized carbons (Fsp3) is 0.500. The molecule has 0 aliphatic carbocycles. The number of rotatable bonds is 5. The summed E-state index contributed by atoms with van der Waals surface area (Å²) in [4.78, 5) is 19.5. The Morgan fingerprint density at radius 2 is 2.29 bits per heavy atom. The Morgan fingerprint density at radius 3 is 2.79 bits per heavy atom. The molecule has 0 aliphatic rings. The van der Waals surface area contributed by atoms with Crippen molar-refractivity contribution in [1.29, 1.82) is 0 Å². The van der Waals surface area contributed by atoms with Gasteiger partial charge in [0.15, 0.2) is 0 Å². The van der Waals surface area contributed by atoms with E-state index in [2.05, 4.69) is 9.97 Å². The van der Waals surface area contributed by atoms with Gasteiger partial charge in [0.1, 0.15) is 11.8 Å². The highest BCUT2D eigenvalue weighted by Gasteiger charge is 2.19. The van der Waals surface area contributed by atoms with E-state index in [1.54, 1.807) is 6.20 Å². The van der Waals surface area contributed by atoms with Crippen LogP contribution in [0.5, 0.6) is 0 Å². The molecule has 1 heterocycles. The Hall–Kier alpha value is -1.29. The normalized spacial score (nSPS) is 12.4. The topological polar surface area (TPSA) is 52.1 Å². The summed E-state index contributed by atoms with van der Waals surface area (Å²) in [6, 6.07) is 0. The number of aromatic nitrogens is 2. The van der Waals surface area contributed by atoms with Crippen molar-refractivity contribution >= 4 is 5.78 Å². The minimum atomic E-state index is -0.392. The molecule has 0 amide bonds. The van der Waals surface area contributed by atoms with Crippen LogP contribution in [0, 0.1) is 0 Å². The molecule has 0 saturated carbocycles. The number of nitrogens with zero attached hydrogens (tertiary/aromatic N) is 2. The van der Waals surface area contributed by atoms with Crippen LogP contribution in [0.4, 0.5) is 0 Å². The van der Waals surface area contributed by atoms with E-state index in [4.69, 9.17) is 4.74 Å². The molecular weight excluding hydrogens is 180 g/mol. The average Bonchev–Trinajstić information content (AvgIpc) is 2.26. The SMILES string of the molecule is CCOC(CC)C(=O)c1cnccn1. The molecule has 0 aromatic carbocycles. The second kappa shape index (κ2) is 5.44. The molecule has 1 aromatic rings. The Labute approximate surface area is 83.3 Å². The van der Waals surface area contributed by atoms with Gasteiger partial charge in [-0.2, -0.15) is 0 Å². The summed E-state index contributed by atoms with van der Waals surface area (Å²) >= 11 is 0. The second-order valence-electron chi connectivity index (χ2n) is 2.81. The number of hydrogen-bond donors (Lipinski definition) is 0. The molecule has 0 N–H and O–H groups in total. The molecule has 1 unspecified atom stereocenters. The molecule has 4 nitrogen and oxygen atoms in total. The standard InChI is InChI=1S/C10H14N2O2/c1-3-9(14-4-2)10(13)8-7-11-5-6-12-8/h5-7,9H,3-4H2,1-2H3. The predicted octanol–water partition coefficient (Wildman–Crippen LogP) is 1.47. The summed E-state index contributed by atoms with van der Waals surface area (Å²) in [5, 5.41) is 0. The van der Waals surface area contributed by atoms with Crippen LogP contribution in [0.3, 0.4) is 0 Å². The molecule has 1 aromatic heterocycles. The van der Waals surface area contributed by atoms with Crippen LogP contribution < -0.4 is 0 Å². The fourth-order valence-electron chi connectivity index (χ4n) is 1.17. The lowest BCUT2D eigenvalue weighted by Gasteiger charge is -2.12. The molecule has 14 heavy (non-hydrogen) atoms. The van der Waals surface area contributed by atoms with Gasteiger partial charge in [-0.05, 0) is 13.3 Å². The first-order chi connectivity index (χ1) is 6.79. The van der Waals surface area contributed by atoms with E-state index in [0.29, 0.717) is 18.7 Å². The Bertz CT molecular complexity index is 287. The minimum Gasteiger partial charge on any atom is -0.370 e. The van der Waals surface area contributed by atoms with Gasteiger partial charge < -0.3 is 4.74 Å². The average molecular weight is 194 g/mol. The van der Waals surface area contributed by atoms with Gasteiger partial charge in [0, 0.05) is 19.0 Å². The zero-order valence-corrected chi connectivity index (χ0v) is 8.43. The third-order valence-electron chi connectivity index (χ3n) is 1.85. The molecule has 0 fully saturated rings. The lowest BCUT2D eigenvalue weighted by atomic mass is 10.1. The molecule has 0 saturated heterocycles. The van der Waals surface area contributed by atoms with E-state index in [1.165, 1.54) is 12.4 Å². The Morgan fingerprint density at radius 1 is 1.50 bits per heavy atom. The molecule has 4 heteroatoms. The summed E-state index contributed by atoms with van der Waals surface area (Å²) < 4.78 is 5.29. The van der Waals surface area contributed by atoms with Crippen molar-refractivity contribution in [2.45, 2.75) is 26.4 Å². The van der Waals surface area contributed by atoms with E-state index in [1.807, 2.05) is 13.8 Å². The van der Waals surface area contributed by atoms with E-state index < -0.39 is 6.10 Å². The van der Waals surface area contributed by atoms with Crippen molar-refractivity contribution in [3.8, 4) is 0 Å². The summed E-state index contributed by atoms with van der Waals surface area (Å²) in [5.74, 6) is -0.0950. The second-order valence-corrected chi connectivity index (χ2v) is 2.81. The van der Waals surface area contributed by atoms with Crippen LogP contribution in [0.15, 0.2) is 18.6 Å². The minimum absolute atomic E-state index is 0.0950. The van der Waals surface area contributed by atoms with Crippen LogP contribution in [0.2, 0.25) is 0 Å². The van der Waals surface area contributed by atoms with Crippen molar-refractivity contribution in [3.05, 3.63) is 24.3 Å². The number of ether oxygens (including phenoxy) is 1. The van der Waals surface area contributed by atoms with Gasteiger partial charge in [0.05, 0.1) is 6.20 Å². The third kappa shape index (κ3) is 2.60. The van der Waals surface area contributed by atoms with Gasteiger partial charge in [-0.15, -0.1) is 0 Å². The van der Waals surface area contributed by atoms with Crippen LogP contribution in [-0.2, 0) is 4.74 Å². The predicted molar refractivity (Wildman–Crippen MR) is 52.1 cm³/mol. The molecule has 76 valence electrons. The molecule has 0 radical (unpaired) electrons. The quantitative estimate of drug-likeness (QED) is 0.666. The van der Waals surface area contributed by atoms with Crippen LogP contribution in [0.1, 0.15) is 30.8 Å². The highest BCUT2D eigenvalue weighted by Crippen LogP contribution is 2.05. The van der Waals surface area contributed by atoms with Gasteiger partial charge in [-0.1, -0.05) is 6.92 Å². The molecule has 0 spiro atoms. The first-order valence-corrected chi connectivity index (χ1v) is 4.71. The van der Waals surface area contributed by atoms with Gasteiger partial charge in [0.25, 0.3) is 0 Å². The van der Waals surface area contributed by atoms with Gasteiger partial charge in [0.2, 0.25) is 5.78 Å². The van der Waals surface area contributed by atoms with Crippen molar-refractivity contribution in [1.82, 2.24) is 9.97 Å². The number of Topliss-reactive ketones (excluding diaryl/α,β-unsaturated/α-hetero) is 1. The van der Waals surface area contributed by atoms with E-state index in [0.717, 1.165) is 0 Å². The van der Waals surface area contributed by atoms with E-state index in [-0.39, 0.29) is 5.78 Å². The van der Waals surface area contributed by atoms with E-state index >= 15 is 0 Å². The zero-order valence-electron chi connectivity index (χ0n) is 8.43. The molecule has 1 atom stereocenters. The monoisotopic (exact) mass is 194 g/mol. The summed E-state index contributed by atoms with van der Waals surface area (Å²) in [6.07, 6.45) is 4.77. The number of hydrogen-bond acceptors (Lipinski definition) is 4. The van der Waals surface area contributed by atoms with Gasteiger partial charge in [-0.25, -0.2) is 4.98 Å². The summed E-state index contributed by atoms with van der Waals surface area (Å²) in [5.41, 5.74) is 0.368. The molecule has 1 rings (SSSR count). The van der Waals surface area contributed by atoms with Crippen LogP contribution >= 0.6 is 0 Å². The third-order valence-corrected chi connectivity index (χ3v) is 1.85.